The van der Waals surface area contributed by atoms with Crippen LogP contribution in [0.2, 0.25) is 10.0 Å². The van der Waals surface area contributed by atoms with Gasteiger partial charge in [0.1, 0.15) is 0 Å². The van der Waals surface area contributed by atoms with Crippen molar-refractivity contribution in [3.8, 4) is 16.8 Å². The molecule has 6 heteroatoms. The van der Waals surface area contributed by atoms with E-state index in [9.17, 15) is 0 Å². The van der Waals surface area contributed by atoms with Gasteiger partial charge in [0.05, 0.1) is 21.4 Å². The second-order valence-corrected chi connectivity index (χ2v) is 16.6. The largest absolute Gasteiger partial charge is 0.309 e. The number of para-hydroxylation sites is 2. The summed E-state index contributed by atoms with van der Waals surface area (Å²) in [5, 5.41) is 8.71. The van der Waals surface area contributed by atoms with Crippen molar-refractivity contribution in [2.24, 2.45) is 0 Å². The second-order valence-electron chi connectivity index (χ2n) is 13.6. The lowest BCUT2D eigenvalue weighted by molar-refractivity contribution is 1.18. The van der Waals surface area contributed by atoms with Gasteiger partial charge in [0.15, 0.2) is 0 Å². The molecule has 54 heavy (non-hydrogen) atoms. The van der Waals surface area contributed by atoms with Crippen LogP contribution in [0.1, 0.15) is 0 Å². The molecule has 8 aromatic carbocycles. The zero-order valence-corrected chi connectivity index (χ0v) is 31.8. The lowest BCUT2D eigenvalue weighted by Crippen LogP contribution is -2.10. The van der Waals surface area contributed by atoms with Gasteiger partial charge in [-0.1, -0.05) is 102 Å². The third-order valence-electron chi connectivity index (χ3n) is 10.5. The highest BCUT2D eigenvalue weighted by molar-refractivity contribution is 7.26. The average molecular weight is 768 g/mol. The SMILES string of the molecule is Clc1cc(Cl)cc(-c2ccc3sc4c(N(c5ccc6sc7ccccc7c6c5)c5ccc6c7ccccc7n(-c7ccccc7)c6c5)cccc4c3c2)c1. The van der Waals surface area contributed by atoms with E-state index in [1.54, 1.807) is 6.07 Å². The quantitative estimate of drug-likeness (QED) is 0.169. The molecular weight excluding hydrogens is 740 g/mol. The minimum Gasteiger partial charge on any atom is -0.309 e. The Morgan fingerprint density at radius 2 is 1.06 bits per heavy atom. The standard InChI is InChI=1S/C48H28Cl2N2S2/c49-31-23-30(24-32(50)26-31)29-17-21-47-40(25-29)39-13-8-15-43(48(39)54-47)51(34-19-22-46-41(27-34)38-12-5-7-16-45(38)53-46)35-18-20-37-36-11-4-6-14-42(36)52(44(37)28-35)33-9-2-1-3-10-33/h1-28H. The van der Waals surface area contributed by atoms with E-state index in [0.717, 1.165) is 33.9 Å². The molecule has 0 spiro atoms. The third kappa shape index (κ3) is 5.06. The van der Waals surface area contributed by atoms with Gasteiger partial charge in [0.25, 0.3) is 0 Å². The molecule has 3 heterocycles. The van der Waals surface area contributed by atoms with Crippen LogP contribution in [0.4, 0.5) is 17.1 Å². The van der Waals surface area contributed by atoms with Crippen molar-refractivity contribution >= 4 is 125 Å². The molecule has 0 amide bonds. The summed E-state index contributed by atoms with van der Waals surface area (Å²) in [6.07, 6.45) is 0. The summed E-state index contributed by atoms with van der Waals surface area (Å²) in [4.78, 5) is 2.45. The molecular formula is C48H28Cl2N2S2. The van der Waals surface area contributed by atoms with Crippen LogP contribution in [0.25, 0.3) is 79.0 Å². The van der Waals surface area contributed by atoms with Crippen molar-refractivity contribution < 1.29 is 0 Å². The molecule has 0 aliphatic carbocycles. The topological polar surface area (TPSA) is 8.17 Å². The summed E-state index contributed by atoms with van der Waals surface area (Å²) in [7, 11) is 0. The minimum atomic E-state index is 0.629. The van der Waals surface area contributed by atoms with E-state index in [2.05, 4.69) is 161 Å². The first kappa shape index (κ1) is 31.9. The summed E-state index contributed by atoms with van der Waals surface area (Å²) in [5.41, 5.74) is 8.95. The maximum atomic E-state index is 6.44. The zero-order chi connectivity index (χ0) is 35.9. The summed E-state index contributed by atoms with van der Waals surface area (Å²) >= 11 is 16.6. The summed E-state index contributed by atoms with van der Waals surface area (Å²) in [6, 6.07) is 61.1. The molecule has 0 unspecified atom stereocenters. The normalized spacial score (nSPS) is 11.9. The highest BCUT2D eigenvalue weighted by Gasteiger charge is 2.22. The minimum absolute atomic E-state index is 0.629. The summed E-state index contributed by atoms with van der Waals surface area (Å²) in [6.45, 7) is 0. The number of thiophene rings is 2. The van der Waals surface area contributed by atoms with Gasteiger partial charge in [-0.05, 0) is 102 Å². The molecule has 0 aliphatic rings. The Labute approximate surface area is 329 Å². The Balaban J connectivity index is 1.18. The van der Waals surface area contributed by atoms with Crippen molar-refractivity contribution in [1.29, 1.82) is 0 Å². The fourth-order valence-corrected chi connectivity index (χ4v) is 10.9. The average Bonchev–Trinajstić information content (AvgIpc) is 3.87. The fourth-order valence-electron chi connectivity index (χ4n) is 8.09. The smallest absolute Gasteiger partial charge is 0.0640 e. The van der Waals surface area contributed by atoms with Crippen molar-refractivity contribution in [3.05, 3.63) is 180 Å². The Bertz CT molecular complexity index is 3250. The Hall–Kier alpha value is -5.62. The first-order valence-corrected chi connectivity index (χ1v) is 20.2. The van der Waals surface area contributed by atoms with Crippen LogP contribution < -0.4 is 4.90 Å². The number of hydrogen-bond acceptors (Lipinski definition) is 3. The van der Waals surface area contributed by atoms with Crippen LogP contribution >= 0.6 is 45.9 Å². The molecule has 3 aromatic heterocycles. The number of rotatable bonds is 5. The molecule has 0 fully saturated rings. The van der Waals surface area contributed by atoms with E-state index >= 15 is 0 Å². The highest BCUT2D eigenvalue weighted by Crippen LogP contribution is 2.48. The first-order valence-electron chi connectivity index (χ1n) is 17.8. The molecule has 11 rings (SSSR count). The lowest BCUT2D eigenvalue weighted by atomic mass is 10.0. The zero-order valence-electron chi connectivity index (χ0n) is 28.6. The van der Waals surface area contributed by atoms with Crippen molar-refractivity contribution in [2.75, 3.05) is 4.90 Å². The van der Waals surface area contributed by atoms with Gasteiger partial charge in [-0.2, -0.15) is 0 Å². The van der Waals surface area contributed by atoms with E-state index in [4.69, 9.17) is 23.2 Å². The molecule has 0 aliphatic heterocycles. The monoisotopic (exact) mass is 766 g/mol. The van der Waals surface area contributed by atoms with Crippen molar-refractivity contribution in [2.45, 2.75) is 0 Å². The van der Waals surface area contributed by atoms with Gasteiger partial charge in [-0.15, -0.1) is 22.7 Å². The van der Waals surface area contributed by atoms with Gasteiger partial charge >= 0.3 is 0 Å². The van der Waals surface area contributed by atoms with Gasteiger partial charge in [-0.3, -0.25) is 0 Å². The van der Waals surface area contributed by atoms with E-state index in [1.807, 2.05) is 34.8 Å². The highest BCUT2D eigenvalue weighted by atomic mass is 35.5. The van der Waals surface area contributed by atoms with E-state index in [-0.39, 0.29) is 0 Å². The first-order chi connectivity index (χ1) is 26.6. The molecule has 256 valence electrons. The Kier molecular flexibility index (Phi) is 7.36. The molecule has 0 radical (unpaired) electrons. The number of hydrogen-bond donors (Lipinski definition) is 0. The van der Waals surface area contributed by atoms with Crippen LogP contribution in [0.3, 0.4) is 0 Å². The van der Waals surface area contributed by atoms with Gasteiger partial charge in [0, 0.05) is 73.5 Å². The summed E-state index contributed by atoms with van der Waals surface area (Å²) in [5.74, 6) is 0. The van der Waals surface area contributed by atoms with E-state index in [1.165, 1.54) is 62.2 Å². The molecule has 0 atom stereocenters. The third-order valence-corrected chi connectivity index (χ3v) is 13.3. The van der Waals surface area contributed by atoms with Gasteiger partial charge in [0.2, 0.25) is 0 Å². The number of aromatic nitrogens is 1. The lowest BCUT2D eigenvalue weighted by Gasteiger charge is -2.26. The predicted octanol–water partition coefficient (Wildman–Crippen LogP) is 16.0. The van der Waals surface area contributed by atoms with Crippen LogP contribution in [-0.2, 0) is 0 Å². The van der Waals surface area contributed by atoms with Crippen LogP contribution in [0.15, 0.2) is 170 Å². The maximum Gasteiger partial charge on any atom is 0.0640 e. The molecule has 2 nitrogen and oxygen atoms in total. The molecule has 0 bridgehead atoms. The Morgan fingerprint density at radius 1 is 0.407 bits per heavy atom. The number of nitrogens with zero attached hydrogens (tertiary/aromatic N) is 2. The molecule has 11 aromatic rings. The number of benzene rings is 8. The van der Waals surface area contributed by atoms with Crippen LogP contribution in [-0.4, -0.2) is 4.57 Å². The van der Waals surface area contributed by atoms with Gasteiger partial charge in [-0.25, -0.2) is 0 Å². The second kappa shape index (κ2) is 12.5. The van der Waals surface area contributed by atoms with Crippen LogP contribution in [0.5, 0.6) is 0 Å². The van der Waals surface area contributed by atoms with Crippen molar-refractivity contribution in [3.63, 3.8) is 0 Å². The summed E-state index contributed by atoms with van der Waals surface area (Å²) < 4.78 is 7.44. The Morgan fingerprint density at radius 3 is 1.93 bits per heavy atom. The van der Waals surface area contributed by atoms with E-state index < -0.39 is 0 Å². The van der Waals surface area contributed by atoms with Crippen LogP contribution in [0, 0.1) is 0 Å². The molecule has 0 N–H and O–H groups in total. The molecule has 0 saturated carbocycles. The number of halogens is 2. The molecule has 0 saturated heterocycles. The maximum absolute atomic E-state index is 6.44. The predicted molar refractivity (Wildman–Crippen MR) is 237 cm³/mol. The number of fused-ring (bicyclic) bond motifs is 9. The van der Waals surface area contributed by atoms with Gasteiger partial charge < -0.3 is 9.47 Å². The van der Waals surface area contributed by atoms with E-state index in [0.29, 0.717) is 10.0 Å². The fraction of sp³-hybridized carbons (Fsp3) is 0. The van der Waals surface area contributed by atoms with Crippen molar-refractivity contribution in [1.82, 2.24) is 4.57 Å². The number of anilines is 3.